The minimum absolute atomic E-state index is 0.0218. The molecule has 0 nitrogen and oxygen atoms in total. The van der Waals surface area contributed by atoms with Crippen LogP contribution in [0.25, 0.3) is 0 Å². The van der Waals surface area contributed by atoms with Crippen molar-refractivity contribution in [1.29, 1.82) is 0 Å². The zero-order chi connectivity index (χ0) is 14.9. The molecule has 0 aliphatic carbocycles. The van der Waals surface area contributed by atoms with Crippen LogP contribution in [0.3, 0.4) is 0 Å². The zero-order valence-corrected chi connectivity index (χ0v) is 11.9. The molecule has 0 spiro atoms. The summed E-state index contributed by atoms with van der Waals surface area (Å²) < 4.78 is 39.8. The molecule has 0 saturated heterocycles. The van der Waals surface area contributed by atoms with Gasteiger partial charge in [0.05, 0.1) is 5.38 Å². The minimum Gasteiger partial charge on any atom is -0.207 e. The Morgan fingerprint density at radius 3 is 2.30 bits per heavy atom. The zero-order valence-electron chi connectivity index (χ0n) is 11.2. The molecule has 0 saturated carbocycles. The van der Waals surface area contributed by atoms with E-state index < -0.39 is 22.8 Å². The van der Waals surface area contributed by atoms with E-state index >= 15 is 0 Å². The van der Waals surface area contributed by atoms with Crippen molar-refractivity contribution in [2.45, 2.75) is 25.6 Å². The smallest absolute Gasteiger partial charge is 0.161 e. The van der Waals surface area contributed by atoms with E-state index in [1.165, 1.54) is 0 Å². The molecule has 106 valence electrons. The highest BCUT2D eigenvalue weighted by Crippen LogP contribution is 2.30. The van der Waals surface area contributed by atoms with Gasteiger partial charge in [-0.1, -0.05) is 23.8 Å². The quantitative estimate of drug-likeness (QED) is 0.537. The Labute approximate surface area is 121 Å². The highest BCUT2D eigenvalue weighted by atomic mass is 35.5. The lowest BCUT2D eigenvalue weighted by Crippen LogP contribution is -2.03. The van der Waals surface area contributed by atoms with Crippen LogP contribution in [0.1, 0.15) is 27.6 Å². The summed E-state index contributed by atoms with van der Waals surface area (Å²) in [7, 11) is 0. The lowest BCUT2D eigenvalue weighted by atomic mass is 9.98. The first-order valence-electron chi connectivity index (χ1n) is 6.23. The van der Waals surface area contributed by atoms with Crippen LogP contribution >= 0.6 is 11.6 Å². The van der Waals surface area contributed by atoms with E-state index in [-0.39, 0.29) is 5.56 Å². The normalized spacial score (nSPS) is 12.5. The molecule has 0 radical (unpaired) electrons. The molecule has 0 heterocycles. The van der Waals surface area contributed by atoms with Gasteiger partial charge < -0.3 is 0 Å². The van der Waals surface area contributed by atoms with E-state index in [0.717, 1.165) is 22.8 Å². The number of aryl methyl sites for hydroxylation is 2. The molecular weight excluding hydrogens is 285 g/mol. The number of hydrogen-bond donors (Lipinski definition) is 0. The molecule has 1 atom stereocenters. The molecule has 0 fully saturated rings. The van der Waals surface area contributed by atoms with Crippen LogP contribution in [-0.4, -0.2) is 0 Å². The predicted molar refractivity (Wildman–Crippen MR) is 74.5 cm³/mol. The van der Waals surface area contributed by atoms with Crippen molar-refractivity contribution in [1.82, 2.24) is 0 Å². The van der Waals surface area contributed by atoms with Gasteiger partial charge in [-0.15, -0.1) is 11.6 Å². The summed E-state index contributed by atoms with van der Waals surface area (Å²) in [5, 5.41) is -0.745. The van der Waals surface area contributed by atoms with Crippen LogP contribution < -0.4 is 0 Å². The van der Waals surface area contributed by atoms with E-state index in [1.807, 2.05) is 32.0 Å². The number of halogens is 4. The molecule has 2 aromatic rings. The Bertz CT molecular complexity index is 638. The Morgan fingerprint density at radius 1 is 0.950 bits per heavy atom. The second-order valence-electron chi connectivity index (χ2n) is 4.89. The molecule has 0 N–H and O–H groups in total. The highest BCUT2D eigenvalue weighted by Gasteiger charge is 2.18. The van der Waals surface area contributed by atoms with Gasteiger partial charge in [0, 0.05) is 11.6 Å². The number of rotatable bonds is 3. The first-order chi connectivity index (χ1) is 9.38. The van der Waals surface area contributed by atoms with E-state index in [1.54, 1.807) is 0 Å². The second kappa shape index (κ2) is 5.88. The average molecular weight is 299 g/mol. The maximum atomic E-state index is 13.7. The van der Waals surface area contributed by atoms with Gasteiger partial charge in [0.1, 0.15) is 5.82 Å². The Morgan fingerprint density at radius 2 is 1.60 bits per heavy atom. The topological polar surface area (TPSA) is 0 Å². The predicted octanol–water partition coefficient (Wildman–Crippen LogP) is 5.24. The van der Waals surface area contributed by atoms with E-state index in [0.29, 0.717) is 12.5 Å². The maximum Gasteiger partial charge on any atom is 0.161 e. The monoisotopic (exact) mass is 298 g/mol. The SMILES string of the molecule is Cc1ccc(C)c(CC(Cl)c2cc(F)c(F)cc2F)c1. The van der Waals surface area contributed by atoms with Crippen molar-refractivity contribution in [2.24, 2.45) is 0 Å². The average Bonchev–Trinajstić information content (AvgIpc) is 2.38. The molecule has 20 heavy (non-hydrogen) atoms. The van der Waals surface area contributed by atoms with Gasteiger partial charge in [-0.3, -0.25) is 0 Å². The summed E-state index contributed by atoms with van der Waals surface area (Å²) in [6, 6.07) is 7.25. The largest absolute Gasteiger partial charge is 0.207 e. The van der Waals surface area contributed by atoms with Crippen molar-refractivity contribution in [2.75, 3.05) is 0 Å². The Balaban J connectivity index is 2.30. The van der Waals surface area contributed by atoms with Crippen molar-refractivity contribution in [3.63, 3.8) is 0 Å². The van der Waals surface area contributed by atoms with Crippen molar-refractivity contribution in [3.05, 3.63) is 70.0 Å². The van der Waals surface area contributed by atoms with Gasteiger partial charge in [-0.2, -0.15) is 0 Å². The summed E-state index contributed by atoms with van der Waals surface area (Å²) in [5.41, 5.74) is 3.05. The standard InChI is InChI=1S/C16H14ClF3/c1-9-3-4-10(2)11(5-9)6-13(17)12-7-15(19)16(20)8-14(12)18/h3-5,7-8,13H,6H2,1-2H3. The number of alkyl halides is 1. The number of benzene rings is 2. The van der Waals surface area contributed by atoms with Crippen LogP contribution in [0.5, 0.6) is 0 Å². The summed E-state index contributed by atoms with van der Waals surface area (Å²) in [5.74, 6) is -3.12. The molecule has 4 heteroatoms. The third kappa shape index (κ3) is 3.15. The van der Waals surface area contributed by atoms with Crippen LogP contribution in [0.2, 0.25) is 0 Å². The van der Waals surface area contributed by atoms with Gasteiger partial charge in [-0.25, -0.2) is 13.2 Å². The van der Waals surface area contributed by atoms with Gasteiger partial charge >= 0.3 is 0 Å². The van der Waals surface area contributed by atoms with Gasteiger partial charge in [0.25, 0.3) is 0 Å². The fourth-order valence-electron chi connectivity index (χ4n) is 2.10. The first kappa shape index (κ1) is 14.9. The molecule has 0 bridgehead atoms. The summed E-state index contributed by atoms with van der Waals surface area (Å²) in [6.45, 7) is 3.88. The van der Waals surface area contributed by atoms with Crippen LogP contribution in [0.4, 0.5) is 13.2 Å². The molecule has 2 rings (SSSR count). The minimum atomic E-state index is -1.21. The molecule has 0 aliphatic heterocycles. The summed E-state index contributed by atoms with van der Waals surface area (Å²) in [6.07, 6.45) is 0.358. The lowest BCUT2D eigenvalue weighted by molar-refractivity contribution is 0.489. The fraction of sp³-hybridized carbons (Fsp3) is 0.250. The van der Waals surface area contributed by atoms with Gasteiger partial charge in [0.15, 0.2) is 11.6 Å². The summed E-state index contributed by atoms with van der Waals surface area (Å²) >= 11 is 6.17. The third-order valence-corrected chi connectivity index (χ3v) is 3.67. The van der Waals surface area contributed by atoms with Gasteiger partial charge in [-0.05, 0) is 37.5 Å². The second-order valence-corrected chi connectivity index (χ2v) is 5.42. The van der Waals surface area contributed by atoms with Crippen LogP contribution in [0, 0.1) is 31.3 Å². The molecule has 0 aliphatic rings. The molecule has 0 aromatic heterocycles. The molecular formula is C16H14ClF3. The third-order valence-electron chi connectivity index (χ3n) is 3.28. The van der Waals surface area contributed by atoms with Crippen LogP contribution in [0.15, 0.2) is 30.3 Å². The van der Waals surface area contributed by atoms with E-state index in [4.69, 9.17) is 11.6 Å². The fourth-order valence-corrected chi connectivity index (χ4v) is 2.43. The van der Waals surface area contributed by atoms with Crippen molar-refractivity contribution < 1.29 is 13.2 Å². The van der Waals surface area contributed by atoms with Crippen LogP contribution in [-0.2, 0) is 6.42 Å². The Kier molecular flexibility index (Phi) is 4.39. The molecule has 1 unspecified atom stereocenters. The molecule has 0 amide bonds. The molecule has 2 aromatic carbocycles. The lowest BCUT2D eigenvalue weighted by Gasteiger charge is -2.14. The first-order valence-corrected chi connectivity index (χ1v) is 6.66. The highest BCUT2D eigenvalue weighted by molar-refractivity contribution is 6.21. The van der Waals surface area contributed by atoms with E-state index in [9.17, 15) is 13.2 Å². The van der Waals surface area contributed by atoms with E-state index in [2.05, 4.69) is 0 Å². The number of hydrogen-bond acceptors (Lipinski definition) is 0. The maximum absolute atomic E-state index is 13.7. The Hall–Kier alpha value is -1.48. The summed E-state index contributed by atoms with van der Waals surface area (Å²) in [4.78, 5) is 0. The van der Waals surface area contributed by atoms with Gasteiger partial charge in [0.2, 0.25) is 0 Å². The van der Waals surface area contributed by atoms with Crippen molar-refractivity contribution in [3.8, 4) is 0 Å². The van der Waals surface area contributed by atoms with Crippen molar-refractivity contribution >= 4 is 11.6 Å².